The average molecular weight is 678 g/mol. The molecule has 2 aliphatic carbocycles. The molecule has 4 aliphatic rings. The van der Waals surface area contributed by atoms with Crippen LogP contribution in [0.4, 0.5) is 0 Å². The summed E-state index contributed by atoms with van der Waals surface area (Å²) in [5.74, 6) is -0.616. The van der Waals surface area contributed by atoms with Gasteiger partial charge in [0.05, 0.1) is 33.5 Å². The molecule has 6 atom stereocenters. The zero-order valence-electron chi connectivity index (χ0n) is 26.7. The molecule has 1 amide bonds. The molecule has 2 fully saturated rings. The molecule has 3 unspecified atom stereocenters. The highest BCUT2D eigenvalue weighted by Crippen LogP contribution is 2.66. The van der Waals surface area contributed by atoms with Crippen LogP contribution in [0.3, 0.4) is 0 Å². The first-order valence-corrected chi connectivity index (χ1v) is 17.0. The molecule has 2 aliphatic heterocycles. The number of ether oxygens (including phenoxy) is 3. The normalized spacial score (nSPS) is 27.6. The Morgan fingerprint density at radius 3 is 2.53 bits per heavy atom. The molecule has 246 valence electrons. The predicted molar refractivity (Wildman–Crippen MR) is 178 cm³/mol. The van der Waals surface area contributed by atoms with Gasteiger partial charge in [-0.3, -0.25) is 19.3 Å². The molecule has 47 heavy (non-hydrogen) atoms. The molecule has 1 N–H and O–H groups in total. The van der Waals surface area contributed by atoms with Crippen molar-refractivity contribution in [2.45, 2.75) is 88.0 Å². The van der Waals surface area contributed by atoms with E-state index in [9.17, 15) is 14.4 Å². The van der Waals surface area contributed by atoms with E-state index >= 15 is 0 Å². The van der Waals surface area contributed by atoms with Crippen LogP contribution in [-0.2, 0) is 37.4 Å². The number of halogens is 2. The number of hydrogen-bond donors (Lipinski definition) is 1. The van der Waals surface area contributed by atoms with E-state index in [0.29, 0.717) is 47.2 Å². The van der Waals surface area contributed by atoms with Gasteiger partial charge in [-0.1, -0.05) is 65.7 Å². The van der Waals surface area contributed by atoms with Crippen LogP contribution in [0.25, 0.3) is 0 Å². The Morgan fingerprint density at radius 1 is 1.02 bits per heavy atom. The van der Waals surface area contributed by atoms with E-state index in [2.05, 4.69) is 34.5 Å². The van der Waals surface area contributed by atoms with Crippen LogP contribution >= 0.6 is 23.2 Å². The van der Waals surface area contributed by atoms with Crippen molar-refractivity contribution in [2.24, 2.45) is 0 Å². The zero-order chi connectivity index (χ0) is 33.1. The third-order valence-electron chi connectivity index (χ3n) is 10.8. The molecule has 3 aromatic rings. The van der Waals surface area contributed by atoms with Crippen LogP contribution in [0.15, 0.2) is 60.7 Å². The second kappa shape index (κ2) is 12.1. The Labute approximate surface area is 284 Å². The minimum atomic E-state index is -0.901. The number of nitrogens with one attached hydrogen (secondary N) is 1. The van der Waals surface area contributed by atoms with Crippen molar-refractivity contribution in [3.05, 3.63) is 93.0 Å². The molecule has 2 bridgehead atoms. The van der Waals surface area contributed by atoms with Gasteiger partial charge in [-0.05, 0) is 80.5 Å². The molecule has 1 spiro atoms. The molecule has 10 heteroatoms. The first-order valence-electron chi connectivity index (χ1n) is 16.3. The summed E-state index contributed by atoms with van der Waals surface area (Å²) in [6.45, 7) is 6.25. The average Bonchev–Trinajstić information content (AvgIpc) is 3.39. The molecule has 2 heterocycles. The molecule has 3 aromatic carbocycles. The second-order valence-electron chi connectivity index (χ2n) is 13.3. The Balaban J connectivity index is 1.29. The number of carbonyl (C=O) groups is 3. The van der Waals surface area contributed by atoms with Gasteiger partial charge in [-0.15, -0.1) is 0 Å². The first-order chi connectivity index (χ1) is 22.5. The van der Waals surface area contributed by atoms with Gasteiger partial charge < -0.3 is 19.5 Å². The van der Waals surface area contributed by atoms with Crippen molar-refractivity contribution in [3.8, 4) is 11.5 Å². The SMILES string of the molecule is CC(=O)Oc1ccc2c3c1OC1C(NC(=O)C(C)c4ccc(Cl)c(Cl)c4)CC[C@@]4(OC(C)=O)[C@@H](C2)N(CCc2ccccc2)CC[C@]314. The summed E-state index contributed by atoms with van der Waals surface area (Å²) in [5.41, 5.74) is 2.38. The summed E-state index contributed by atoms with van der Waals surface area (Å²) >= 11 is 12.4. The lowest BCUT2D eigenvalue weighted by atomic mass is 9.48. The van der Waals surface area contributed by atoms with Crippen molar-refractivity contribution in [1.29, 1.82) is 0 Å². The topological polar surface area (TPSA) is 94.2 Å². The smallest absolute Gasteiger partial charge is 0.308 e. The molecule has 8 nitrogen and oxygen atoms in total. The number of hydrogen-bond acceptors (Lipinski definition) is 7. The molecular weight excluding hydrogens is 639 g/mol. The largest absolute Gasteiger partial charge is 0.483 e. The summed E-state index contributed by atoms with van der Waals surface area (Å²) in [6.07, 6.45) is 2.71. The maximum absolute atomic E-state index is 13.8. The molecule has 1 saturated carbocycles. The predicted octanol–water partition coefficient (Wildman–Crippen LogP) is 6.17. The van der Waals surface area contributed by atoms with Gasteiger partial charge in [-0.25, -0.2) is 0 Å². The summed E-state index contributed by atoms with van der Waals surface area (Å²) in [5, 5.41) is 4.12. The van der Waals surface area contributed by atoms with Gasteiger partial charge in [0.1, 0.15) is 11.7 Å². The van der Waals surface area contributed by atoms with Crippen LogP contribution in [0.1, 0.15) is 68.2 Å². The Hall–Kier alpha value is -3.59. The van der Waals surface area contributed by atoms with Crippen molar-refractivity contribution in [1.82, 2.24) is 10.2 Å². The van der Waals surface area contributed by atoms with E-state index in [1.165, 1.54) is 19.4 Å². The van der Waals surface area contributed by atoms with E-state index in [1.54, 1.807) is 24.3 Å². The van der Waals surface area contributed by atoms with E-state index in [0.717, 1.165) is 36.2 Å². The van der Waals surface area contributed by atoms with E-state index < -0.39 is 35.0 Å². The monoisotopic (exact) mass is 676 g/mol. The minimum absolute atomic E-state index is 0.0974. The van der Waals surface area contributed by atoms with Crippen LogP contribution in [-0.4, -0.2) is 59.6 Å². The Bertz CT molecular complexity index is 1750. The maximum atomic E-state index is 13.8. The van der Waals surface area contributed by atoms with E-state index in [-0.39, 0.29) is 17.9 Å². The zero-order valence-corrected chi connectivity index (χ0v) is 28.2. The minimum Gasteiger partial charge on any atom is -0.483 e. The number of carbonyl (C=O) groups excluding carboxylic acids is 3. The van der Waals surface area contributed by atoms with Gasteiger partial charge in [0, 0.05) is 26.0 Å². The lowest BCUT2D eigenvalue weighted by molar-refractivity contribution is -0.218. The summed E-state index contributed by atoms with van der Waals surface area (Å²) < 4.78 is 19.1. The van der Waals surface area contributed by atoms with Crippen LogP contribution in [0, 0.1) is 0 Å². The standard InChI is InChI=1S/C37H38Cl2N2O6/c1-21(25-9-11-27(38)28(39)19-25)35(44)40-29-13-15-37(47-23(3)43)31-20-26-10-12-30(45-22(2)42)33-32(26)36(37,34(29)46-33)16-18-41(31)17-14-24-7-5-4-6-8-24/h4-12,19,21,29,31,34H,13-18,20H2,1-3H3,(H,40,44)/t21?,29?,31-,34?,36+,37-/m1/s1. The summed E-state index contributed by atoms with van der Waals surface area (Å²) in [7, 11) is 0. The van der Waals surface area contributed by atoms with Crippen LogP contribution < -0.4 is 14.8 Å². The quantitative estimate of drug-likeness (QED) is 0.225. The molecule has 0 aromatic heterocycles. The summed E-state index contributed by atoms with van der Waals surface area (Å²) in [6, 6.07) is 18.9. The molecule has 1 saturated heterocycles. The highest BCUT2D eigenvalue weighted by atomic mass is 35.5. The van der Waals surface area contributed by atoms with Crippen molar-refractivity contribution >= 4 is 41.0 Å². The second-order valence-corrected chi connectivity index (χ2v) is 14.1. The van der Waals surface area contributed by atoms with Gasteiger partial charge >= 0.3 is 11.9 Å². The highest BCUT2D eigenvalue weighted by molar-refractivity contribution is 6.42. The number of benzene rings is 3. The highest BCUT2D eigenvalue weighted by Gasteiger charge is 2.75. The van der Waals surface area contributed by atoms with E-state index in [4.69, 9.17) is 37.4 Å². The lowest BCUT2D eigenvalue weighted by Gasteiger charge is -2.65. The van der Waals surface area contributed by atoms with Crippen molar-refractivity contribution < 1.29 is 28.6 Å². The lowest BCUT2D eigenvalue weighted by Crippen LogP contribution is -2.79. The first kappa shape index (κ1) is 32.0. The van der Waals surface area contributed by atoms with Gasteiger partial charge in [-0.2, -0.15) is 0 Å². The summed E-state index contributed by atoms with van der Waals surface area (Å²) in [4.78, 5) is 41.5. The fourth-order valence-electron chi connectivity index (χ4n) is 8.86. The number of likely N-dealkylation sites (tertiary alicyclic amines) is 1. The third-order valence-corrected chi connectivity index (χ3v) is 11.5. The number of nitrogens with zero attached hydrogens (tertiary/aromatic N) is 1. The van der Waals surface area contributed by atoms with Crippen LogP contribution in [0.2, 0.25) is 10.0 Å². The fraction of sp³-hybridized carbons (Fsp3) is 0.432. The molecule has 7 rings (SSSR count). The third kappa shape index (κ3) is 5.20. The maximum Gasteiger partial charge on any atom is 0.308 e. The van der Waals surface area contributed by atoms with Crippen LogP contribution in [0.5, 0.6) is 11.5 Å². The van der Waals surface area contributed by atoms with E-state index in [1.807, 2.05) is 19.1 Å². The van der Waals surface area contributed by atoms with Crippen molar-refractivity contribution in [2.75, 3.05) is 13.1 Å². The van der Waals surface area contributed by atoms with Gasteiger partial charge in [0.15, 0.2) is 11.5 Å². The number of piperidine rings is 1. The number of rotatable bonds is 8. The van der Waals surface area contributed by atoms with Crippen molar-refractivity contribution in [3.63, 3.8) is 0 Å². The number of amides is 1. The molecule has 0 radical (unpaired) electrons. The number of esters is 2. The molecular formula is C37H38Cl2N2O6. The Kier molecular flexibility index (Phi) is 8.26. The fourth-order valence-corrected chi connectivity index (χ4v) is 9.17. The Morgan fingerprint density at radius 2 is 1.81 bits per heavy atom. The van der Waals surface area contributed by atoms with Gasteiger partial charge in [0.25, 0.3) is 0 Å². The van der Waals surface area contributed by atoms with Gasteiger partial charge in [0.2, 0.25) is 5.91 Å².